The van der Waals surface area contributed by atoms with E-state index in [0.717, 1.165) is 44.2 Å². The lowest BCUT2D eigenvalue weighted by Crippen LogP contribution is -2.28. The topological polar surface area (TPSA) is 52.5 Å². The number of benzene rings is 1. The first kappa shape index (κ1) is 18.1. The molecule has 5 nitrogen and oxygen atoms in total. The first-order chi connectivity index (χ1) is 12.2. The lowest BCUT2D eigenvalue weighted by molar-refractivity contribution is 0.345. The Bertz CT molecular complexity index is 669. The highest BCUT2D eigenvalue weighted by Crippen LogP contribution is 2.26. The van der Waals surface area contributed by atoms with Crippen molar-refractivity contribution in [3.63, 3.8) is 0 Å². The predicted molar refractivity (Wildman–Crippen MR) is 101 cm³/mol. The van der Waals surface area contributed by atoms with Crippen molar-refractivity contribution in [1.29, 1.82) is 0 Å². The fourth-order valence-corrected chi connectivity index (χ4v) is 3.31. The monoisotopic (exact) mass is 342 g/mol. The first-order valence-electron chi connectivity index (χ1n) is 9.17. The number of rotatable bonds is 8. The summed E-state index contributed by atoms with van der Waals surface area (Å²) >= 11 is 0. The van der Waals surface area contributed by atoms with Gasteiger partial charge in [-0.15, -0.1) is 0 Å². The summed E-state index contributed by atoms with van der Waals surface area (Å²) in [6.07, 6.45) is 0. The van der Waals surface area contributed by atoms with Crippen molar-refractivity contribution < 1.29 is 4.42 Å². The summed E-state index contributed by atoms with van der Waals surface area (Å²) < 4.78 is 5.79. The lowest BCUT2D eigenvalue weighted by atomic mass is 10.00. The van der Waals surface area contributed by atoms with Gasteiger partial charge in [-0.05, 0) is 43.8 Å². The number of furan rings is 1. The second kappa shape index (κ2) is 8.63. The molecule has 0 spiro atoms. The SMILES string of the molecule is CCN(C)Cc1cccc(CNCC2CNNC2c2ccc(C)o2)c1. The van der Waals surface area contributed by atoms with Gasteiger partial charge in [0.2, 0.25) is 0 Å². The van der Waals surface area contributed by atoms with E-state index in [0.29, 0.717) is 5.92 Å². The molecule has 2 heterocycles. The van der Waals surface area contributed by atoms with Gasteiger partial charge in [-0.1, -0.05) is 31.2 Å². The average Bonchev–Trinajstić information content (AvgIpc) is 3.24. The van der Waals surface area contributed by atoms with Gasteiger partial charge in [0.25, 0.3) is 0 Å². The van der Waals surface area contributed by atoms with Crippen LogP contribution in [0.25, 0.3) is 0 Å². The molecule has 3 N–H and O–H groups in total. The van der Waals surface area contributed by atoms with Crippen LogP contribution in [0.3, 0.4) is 0 Å². The van der Waals surface area contributed by atoms with E-state index in [2.05, 4.69) is 65.4 Å². The number of nitrogens with one attached hydrogen (secondary N) is 3. The molecule has 2 aromatic rings. The quantitative estimate of drug-likeness (QED) is 0.688. The molecule has 1 aromatic carbocycles. The van der Waals surface area contributed by atoms with E-state index in [9.17, 15) is 0 Å². The third-order valence-electron chi connectivity index (χ3n) is 4.88. The fraction of sp³-hybridized carbons (Fsp3) is 0.500. The molecular weight excluding hydrogens is 312 g/mol. The number of hydrazine groups is 1. The largest absolute Gasteiger partial charge is 0.465 e. The molecule has 136 valence electrons. The van der Waals surface area contributed by atoms with Gasteiger partial charge >= 0.3 is 0 Å². The predicted octanol–water partition coefficient (Wildman–Crippen LogP) is 2.59. The molecule has 0 aliphatic carbocycles. The molecule has 2 atom stereocenters. The minimum Gasteiger partial charge on any atom is -0.465 e. The van der Waals surface area contributed by atoms with E-state index in [4.69, 9.17) is 4.42 Å². The summed E-state index contributed by atoms with van der Waals surface area (Å²) in [5, 5.41) is 3.61. The maximum atomic E-state index is 5.79. The average molecular weight is 342 g/mol. The highest BCUT2D eigenvalue weighted by molar-refractivity contribution is 5.23. The van der Waals surface area contributed by atoms with Crippen LogP contribution in [-0.2, 0) is 13.1 Å². The molecule has 1 saturated heterocycles. The van der Waals surface area contributed by atoms with Crippen LogP contribution in [0, 0.1) is 12.8 Å². The Morgan fingerprint density at radius 2 is 2.08 bits per heavy atom. The van der Waals surface area contributed by atoms with E-state index in [1.54, 1.807) is 0 Å². The Kier molecular flexibility index (Phi) is 6.26. The summed E-state index contributed by atoms with van der Waals surface area (Å²) in [7, 11) is 2.15. The van der Waals surface area contributed by atoms with Crippen molar-refractivity contribution in [2.45, 2.75) is 33.0 Å². The zero-order valence-electron chi connectivity index (χ0n) is 15.5. The zero-order valence-corrected chi connectivity index (χ0v) is 15.5. The van der Waals surface area contributed by atoms with Crippen molar-refractivity contribution in [3.05, 3.63) is 59.0 Å². The summed E-state index contributed by atoms with van der Waals surface area (Å²) in [6, 6.07) is 13.2. The number of hydrogen-bond donors (Lipinski definition) is 3. The van der Waals surface area contributed by atoms with Crippen LogP contribution in [0.1, 0.15) is 35.6 Å². The van der Waals surface area contributed by atoms with E-state index in [-0.39, 0.29) is 6.04 Å². The summed E-state index contributed by atoms with van der Waals surface area (Å²) in [4.78, 5) is 2.32. The van der Waals surface area contributed by atoms with Gasteiger partial charge in [0, 0.05) is 32.1 Å². The maximum Gasteiger partial charge on any atom is 0.122 e. The maximum absolute atomic E-state index is 5.79. The Hall–Kier alpha value is -1.66. The van der Waals surface area contributed by atoms with Crippen LogP contribution in [0.4, 0.5) is 0 Å². The number of hydrogen-bond acceptors (Lipinski definition) is 5. The third-order valence-corrected chi connectivity index (χ3v) is 4.88. The number of nitrogens with zero attached hydrogens (tertiary/aromatic N) is 1. The molecule has 1 aromatic heterocycles. The van der Waals surface area contributed by atoms with Gasteiger partial charge < -0.3 is 14.6 Å². The lowest BCUT2D eigenvalue weighted by Gasteiger charge is -2.17. The van der Waals surface area contributed by atoms with Crippen LogP contribution < -0.4 is 16.2 Å². The first-order valence-corrected chi connectivity index (χ1v) is 9.17. The van der Waals surface area contributed by atoms with E-state index < -0.39 is 0 Å². The summed E-state index contributed by atoms with van der Waals surface area (Å²) in [6.45, 7) is 9.03. The number of aryl methyl sites for hydroxylation is 1. The van der Waals surface area contributed by atoms with Gasteiger partial charge in [-0.3, -0.25) is 5.43 Å². The smallest absolute Gasteiger partial charge is 0.122 e. The molecule has 5 heteroatoms. The molecule has 0 amide bonds. The zero-order chi connectivity index (χ0) is 17.6. The normalized spacial score (nSPS) is 20.5. The van der Waals surface area contributed by atoms with Crippen molar-refractivity contribution in [2.24, 2.45) is 5.92 Å². The van der Waals surface area contributed by atoms with Gasteiger partial charge in [-0.25, -0.2) is 5.43 Å². The Morgan fingerprint density at radius 1 is 1.24 bits per heavy atom. The highest BCUT2D eigenvalue weighted by Gasteiger charge is 2.30. The van der Waals surface area contributed by atoms with Crippen molar-refractivity contribution in [1.82, 2.24) is 21.1 Å². The fourth-order valence-electron chi connectivity index (χ4n) is 3.31. The molecule has 1 aliphatic heterocycles. The Labute approximate surface area is 150 Å². The van der Waals surface area contributed by atoms with E-state index >= 15 is 0 Å². The van der Waals surface area contributed by atoms with E-state index in [1.165, 1.54) is 11.1 Å². The van der Waals surface area contributed by atoms with Crippen LogP contribution in [0.5, 0.6) is 0 Å². The van der Waals surface area contributed by atoms with Gasteiger partial charge in [0.05, 0.1) is 6.04 Å². The second-order valence-electron chi connectivity index (χ2n) is 6.99. The summed E-state index contributed by atoms with van der Waals surface area (Å²) in [5.41, 5.74) is 9.30. The van der Waals surface area contributed by atoms with Crippen molar-refractivity contribution >= 4 is 0 Å². The van der Waals surface area contributed by atoms with Gasteiger partial charge in [-0.2, -0.15) is 0 Å². The van der Waals surface area contributed by atoms with Crippen molar-refractivity contribution in [2.75, 3.05) is 26.7 Å². The molecule has 3 rings (SSSR count). The molecule has 0 radical (unpaired) electrons. The molecule has 25 heavy (non-hydrogen) atoms. The Balaban J connectivity index is 1.51. The van der Waals surface area contributed by atoms with Crippen molar-refractivity contribution in [3.8, 4) is 0 Å². The van der Waals surface area contributed by atoms with Crippen LogP contribution >= 0.6 is 0 Å². The van der Waals surface area contributed by atoms with E-state index in [1.807, 2.05) is 13.0 Å². The van der Waals surface area contributed by atoms with Gasteiger partial charge in [0.1, 0.15) is 11.5 Å². The molecule has 0 saturated carbocycles. The Morgan fingerprint density at radius 3 is 2.84 bits per heavy atom. The van der Waals surface area contributed by atoms with Crippen LogP contribution in [-0.4, -0.2) is 31.6 Å². The minimum absolute atomic E-state index is 0.228. The standard InChI is InChI=1S/C20H30N4O/c1-4-24(3)14-17-7-5-6-16(10-17)11-21-12-18-13-22-23-20(18)19-9-8-15(2)25-19/h5-10,18,20-23H,4,11-14H2,1-3H3. The molecule has 0 bridgehead atoms. The second-order valence-corrected chi connectivity index (χ2v) is 6.99. The summed E-state index contributed by atoms with van der Waals surface area (Å²) in [5.74, 6) is 2.45. The molecule has 1 aliphatic rings. The third kappa shape index (κ3) is 4.92. The molecule has 2 unspecified atom stereocenters. The molecule has 1 fully saturated rings. The van der Waals surface area contributed by atoms with Crippen LogP contribution in [0.2, 0.25) is 0 Å². The minimum atomic E-state index is 0.228. The molecular formula is C20H30N4O. The highest BCUT2D eigenvalue weighted by atomic mass is 16.3. The van der Waals surface area contributed by atoms with Gasteiger partial charge in [0.15, 0.2) is 0 Å². The van der Waals surface area contributed by atoms with Crippen LogP contribution in [0.15, 0.2) is 40.8 Å².